The summed E-state index contributed by atoms with van der Waals surface area (Å²) in [5.41, 5.74) is 1.14. The van der Waals surface area contributed by atoms with Crippen molar-refractivity contribution in [3.63, 3.8) is 0 Å². The van der Waals surface area contributed by atoms with Gasteiger partial charge in [-0.2, -0.15) is 0 Å². The molecule has 0 N–H and O–H groups in total. The molecule has 2 rings (SSSR count). The molecule has 108 valence electrons. The first-order valence-electron chi connectivity index (χ1n) is 6.72. The number of methoxy groups -OCH3 is 1. The maximum absolute atomic E-state index is 12.1. The molecule has 1 atom stereocenters. The second kappa shape index (κ2) is 7.05. The van der Waals surface area contributed by atoms with E-state index < -0.39 is 12.1 Å². The molecule has 0 bridgehead atoms. The Morgan fingerprint density at radius 2 is 2.10 bits per heavy atom. The lowest BCUT2D eigenvalue weighted by Gasteiger charge is -2.31. The second-order valence-corrected chi connectivity index (χ2v) is 4.71. The van der Waals surface area contributed by atoms with E-state index >= 15 is 0 Å². The molecule has 1 aliphatic rings. The molecule has 1 saturated heterocycles. The van der Waals surface area contributed by atoms with Gasteiger partial charge in [0.1, 0.15) is 0 Å². The van der Waals surface area contributed by atoms with E-state index in [9.17, 15) is 9.59 Å². The molecule has 1 heterocycles. The summed E-state index contributed by atoms with van der Waals surface area (Å²) in [6.07, 6.45) is 0.493. The molecule has 1 aromatic carbocycles. The summed E-state index contributed by atoms with van der Waals surface area (Å²) in [6, 6.07) is 9.88. The Morgan fingerprint density at radius 1 is 1.35 bits per heavy atom. The Kier molecular flexibility index (Phi) is 5.12. The van der Waals surface area contributed by atoms with Crippen molar-refractivity contribution in [1.29, 1.82) is 0 Å². The van der Waals surface area contributed by atoms with Gasteiger partial charge in [0.05, 0.1) is 20.3 Å². The molecule has 5 heteroatoms. The highest BCUT2D eigenvalue weighted by molar-refractivity contribution is 5.79. The first-order valence-corrected chi connectivity index (χ1v) is 6.72. The number of aryl methyl sites for hydroxylation is 1. The Labute approximate surface area is 118 Å². The van der Waals surface area contributed by atoms with Crippen molar-refractivity contribution >= 4 is 11.9 Å². The van der Waals surface area contributed by atoms with Crippen LogP contribution in [0.5, 0.6) is 0 Å². The number of ether oxygens (including phenoxy) is 2. The molecule has 1 aliphatic heterocycles. The van der Waals surface area contributed by atoms with Crippen LogP contribution in [0.1, 0.15) is 12.0 Å². The van der Waals surface area contributed by atoms with Gasteiger partial charge in [-0.1, -0.05) is 30.3 Å². The normalized spacial score (nSPS) is 18.6. The van der Waals surface area contributed by atoms with Crippen LogP contribution in [0.25, 0.3) is 0 Å². The largest absolute Gasteiger partial charge is 0.467 e. The molecule has 0 saturated carbocycles. The van der Waals surface area contributed by atoms with Crippen molar-refractivity contribution in [1.82, 2.24) is 4.90 Å². The number of hydrogen-bond acceptors (Lipinski definition) is 4. The van der Waals surface area contributed by atoms with Gasteiger partial charge in [0.15, 0.2) is 6.10 Å². The van der Waals surface area contributed by atoms with Crippen molar-refractivity contribution in [3.8, 4) is 0 Å². The van der Waals surface area contributed by atoms with E-state index in [2.05, 4.69) is 4.74 Å². The van der Waals surface area contributed by atoms with Crippen LogP contribution in [0.15, 0.2) is 30.3 Å². The van der Waals surface area contributed by atoms with Gasteiger partial charge < -0.3 is 14.4 Å². The highest BCUT2D eigenvalue weighted by atomic mass is 16.6. The molecule has 1 aromatic rings. The van der Waals surface area contributed by atoms with Crippen LogP contribution < -0.4 is 0 Å². The van der Waals surface area contributed by atoms with Gasteiger partial charge in [-0.3, -0.25) is 4.79 Å². The SMILES string of the molecule is COC(=O)C1CN(C(=O)CCc2ccccc2)CCO1. The molecule has 0 aromatic heterocycles. The number of carbonyl (C=O) groups excluding carboxylic acids is 2. The number of esters is 1. The van der Waals surface area contributed by atoms with Crippen molar-refractivity contribution in [2.45, 2.75) is 18.9 Å². The highest BCUT2D eigenvalue weighted by Crippen LogP contribution is 2.10. The minimum absolute atomic E-state index is 0.0473. The molecule has 1 unspecified atom stereocenters. The van der Waals surface area contributed by atoms with E-state index in [0.717, 1.165) is 5.56 Å². The van der Waals surface area contributed by atoms with E-state index in [1.54, 1.807) is 4.90 Å². The molecular formula is C15H19NO4. The van der Waals surface area contributed by atoms with Crippen LogP contribution in [0.4, 0.5) is 0 Å². The third kappa shape index (κ3) is 3.81. The molecule has 1 amide bonds. The Hall–Kier alpha value is -1.88. The van der Waals surface area contributed by atoms with Crippen molar-refractivity contribution in [2.24, 2.45) is 0 Å². The average molecular weight is 277 g/mol. The maximum atomic E-state index is 12.1. The second-order valence-electron chi connectivity index (χ2n) is 4.71. The zero-order valence-corrected chi connectivity index (χ0v) is 11.6. The summed E-state index contributed by atoms with van der Waals surface area (Å²) in [4.78, 5) is 25.2. The number of carbonyl (C=O) groups is 2. The summed E-state index contributed by atoms with van der Waals surface area (Å²) >= 11 is 0. The van der Waals surface area contributed by atoms with Gasteiger partial charge in [-0.25, -0.2) is 4.79 Å². The summed E-state index contributed by atoms with van der Waals surface area (Å²) < 4.78 is 9.95. The van der Waals surface area contributed by atoms with Crippen LogP contribution >= 0.6 is 0 Å². The summed E-state index contributed by atoms with van der Waals surface area (Å²) in [6.45, 7) is 1.18. The van der Waals surface area contributed by atoms with Crippen LogP contribution in [0.2, 0.25) is 0 Å². The van der Waals surface area contributed by atoms with Gasteiger partial charge in [-0.15, -0.1) is 0 Å². The summed E-state index contributed by atoms with van der Waals surface area (Å²) in [5.74, 6) is -0.378. The Bertz CT molecular complexity index is 460. The van der Waals surface area contributed by atoms with Crippen LogP contribution in [-0.2, 0) is 25.5 Å². The monoisotopic (exact) mass is 277 g/mol. The van der Waals surface area contributed by atoms with E-state index in [-0.39, 0.29) is 12.5 Å². The predicted octanol–water partition coefficient (Wildman–Crippen LogP) is 1.02. The van der Waals surface area contributed by atoms with Crippen LogP contribution in [0, 0.1) is 0 Å². The van der Waals surface area contributed by atoms with E-state index in [1.807, 2.05) is 30.3 Å². The lowest BCUT2D eigenvalue weighted by molar-refractivity contribution is -0.162. The first kappa shape index (κ1) is 14.5. The van der Waals surface area contributed by atoms with Gasteiger partial charge >= 0.3 is 5.97 Å². The zero-order valence-electron chi connectivity index (χ0n) is 11.6. The quantitative estimate of drug-likeness (QED) is 0.771. The summed E-state index contributed by atoms with van der Waals surface area (Å²) in [5, 5.41) is 0. The zero-order chi connectivity index (χ0) is 14.4. The van der Waals surface area contributed by atoms with Crippen LogP contribution in [0.3, 0.4) is 0 Å². The number of amides is 1. The molecule has 0 aliphatic carbocycles. The van der Waals surface area contributed by atoms with Gasteiger partial charge in [-0.05, 0) is 12.0 Å². The fourth-order valence-electron chi connectivity index (χ4n) is 2.20. The van der Waals surface area contributed by atoms with Crippen molar-refractivity contribution in [3.05, 3.63) is 35.9 Å². The van der Waals surface area contributed by atoms with E-state index in [1.165, 1.54) is 7.11 Å². The fraction of sp³-hybridized carbons (Fsp3) is 0.467. The van der Waals surface area contributed by atoms with Crippen LogP contribution in [-0.4, -0.2) is 49.7 Å². The van der Waals surface area contributed by atoms with Gasteiger partial charge in [0.25, 0.3) is 0 Å². The van der Waals surface area contributed by atoms with Gasteiger partial charge in [0, 0.05) is 13.0 Å². The molecule has 1 fully saturated rings. The maximum Gasteiger partial charge on any atom is 0.336 e. The molecule has 0 radical (unpaired) electrons. The Balaban J connectivity index is 1.84. The minimum Gasteiger partial charge on any atom is -0.467 e. The highest BCUT2D eigenvalue weighted by Gasteiger charge is 2.29. The van der Waals surface area contributed by atoms with Crippen molar-refractivity contribution < 1.29 is 19.1 Å². The molecule has 5 nitrogen and oxygen atoms in total. The van der Waals surface area contributed by atoms with Crippen molar-refractivity contribution in [2.75, 3.05) is 26.8 Å². The smallest absolute Gasteiger partial charge is 0.336 e. The molecule has 0 spiro atoms. The minimum atomic E-state index is -0.658. The Morgan fingerprint density at radius 3 is 2.80 bits per heavy atom. The number of nitrogens with zero attached hydrogens (tertiary/aromatic N) is 1. The predicted molar refractivity (Wildman–Crippen MR) is 73.1 cm³/mol. The standard InChI is InChI=1S/C15H19NO4/c1-19-15(18)13-11-16(9-10-20-13)14(17)8-7-12-5-3-2-4-6-12/h2-6,13H,7-11H2,1H3. The third-order valence-electron chi connectivity index (χ3n) is 3.35. The topological polar surface area (TPSA) is 55.8 Å². The third-order valence-corrected chi connectivity index (χ3v) is 3.35. The number of benzene rings is 1. The molecular weight excluding hydrogens is 258 g/mol. The number of rotatable bonds is 4. The fourth-order valence-corrected chi connectivity index (χ4v) is 2.20. The number of morpholine rings is 1. The summed E-state index contributed by atoms with van der Waals surface area (Å²) in [7, 11) is 1.32. The van der Waals surface area contributed by atoms with Gasteiger partial charge in [0.2, 0.25) is 5.91 Å². The molecule has 20 heavy (non-hydrogen) atoms. The lowest BCUT2D eigenvalue weighted by Crippen LogP contribution is -2.48. The number of hydrogen-bond donors (Lipinski definition) is 0. The van der Waals surface area contributed by atoms with E-state index in [4.69, 9.17) is 4.74 Å². The van der Waals surface area contributed by atoms with E-state index in [0.29, 0.717) is 26.0 Å². The first-order chi connectivity index (χ1) is 9.70. The lowest BCUT2D eigenvalue weighted by atomic mass is 10.1. The average Bonchev–Trinajstić information content (AvgIpc) is 2.53.